The van der Waals surface area contributed by atoms with Gasteiger partial charge in [0.15, 0.2) is 0 Å². The van der Waals surface area contributed by atoms with Crippen LogP contribution in [0.3, 0.4) is 0 Å². The zero-order valence-electron chi connectivity index (χ0n) is 6.72. The predicted octanol–water partition coefficient (Wildman–Crippen LogP) is 2.21. The highest BCUT2D eigenvalue weighted by atomic mass is 14.6. The smallest absolute Gasteiger partial charge is 0.0305 e. The predicted molar refractivity (Wildman–Crippen MR) is 44.4 cm³/mol. The lowest BCUT2D eigenvalue weighted by molar-refractivity contribution is 0.753. The maximum Gasteiger partial charge on any atom is 0.0305 e. The van der Waals surface area contributed by atoms with Gasteiger partial charge in [-0.2, -0.15) is 0 Å². The van der Waals surface area contributed by atoms with Crippen LogP contribution in [-0.4, -0.2) is 0 Å². The average Bonchev–Trinajstić information content (AvgIpc) is 1.88. The molecule has 10 heavy (non-hydrogen) atoms. The summed E-state index contributed by atoms with van der Waals surface area (Å²) in [6.45, 7) is 4.36. The van der Waals surface area contributed by atoms with Gasteiger partial charge in [-0.3, -0.25) is 0 Å². The van der Waals surface area contributed by atoms with Crippen LogP contribution in [0.25, 0.3) is 0 Å². The number of hydrogen-bond donors (Lipinski definition) is 1. The van der Waals surface area contributed by atoms with E-state index in [1.807, 2.05) is 0 Å². The van der Waals surface area contributed by atoms with Gasteiger partial charge < -0.3 is 5.73 Å². The van der Waals surface area contributed by atoms with Crippen LogP contribution >= 0.6 is 0 Å². The van der Waals surface area contributed by atoms with Crippen molar-refractivity contribution in [1.82, 2.24) is 0 Å². The van der Waals surface area contributed by atoms with Crippen LogP contribution in [0.1, 0.15) is 26.7 Å². The average molecular weight is 137 g/mol. The molecule has 0 aromatic heterocycles. The minimum absolute atomic E-state index is 0.580. The minimum atomic E-state index is 0.580. The van der Waals surface area contributed by atoms with Crippen LogP contribution in [0, 0.1) is 5.92 Å². The fraction of sp³-hybridized carbons (Fsp3) is 0.556. The molecule has 1 rings (SSSR count). The lowest BCUT2D eigenvalue weighted by Crippen LogP contribution is -2.08. The van der Waals surface area contributed by atoms with Crippen LogP contribution in [-0.2, 0) is 0 Å². The van der Waals surface area contributed by atoms with Crippen LogP contribution in [0.4, 0.5) is 0 Å². The first kappa shape index (κ1) is 7.39. The highest BCUT2D eigenvalue weighted by Crippen LogP contribution is 2.21. The Bertz CT molecular complexity index is 175. The number of rotatable bonds is 1. The zero-order valence-corrected chi connectivity index (χ0v) is 6.72. The standard InChI is InChI=1S/C9H15N/c1-7(2)8-5-3-4-6-9(8)10/h5-7H,3-4,10H2,1-2H3. The Balaban J connectivity index is 2.74. The molecule has 1 aliphatic rings. The third kappa shape index (κ3) is 1.41. The van der Waals surface area contributed by atoms with Crippen LogP contribution in [0.2, 0.25) is 0 Å². The van der Waals surface area contributed by atoms with Gasteiger partial charge >= 0.3 is 0 Å². The van der Waals surface area contributed by atoms with E-state index < -0.39 is 0 Å². The van der Waals surface area contributed by atoms with Crippen LogP contribution in [0.5, 0.6) is 0 Å². The number of hydrogen-bond acceptors (Lipinski definition) is 1. The molecule has 0 fully saturated rings. The van der Waals surface area contributed by atoms with Crippen LogP contribution in [0.15, 0.2) is 23.4 Å². The van der Waals surface area contributed by atoms with Gasteiger partial charge in [0.05, 0.1) is 0 Å². The Morgan fingerprint density at radius 3 is 2.30 bits per heavy atom. The molecule has 0 aliphatic heterocycles. The number of allylic oxidation sites excluding steroid dienone is 3. The Morgan fingerprint density at radius 1 is 1.30 bits per heavy atom. The van der Waals surface area contributed by atoms with Gasteiger partial charge in [0, 0.05) is 5.70 Å². The molecule has 0 saturated carbocycles. The van der Waals surface area contributed by atoms with E-state index >= 15 is 0 Å². The van der Waals surface area contributed by atoms with Gasteiger partial charge in [-0.15, -0.1) is 0 Å². The molecule has 0 bridgehead atoms. The SMILES string of the molecule is CC(C)C1=CCCC=C1N. The van der Waals surface area contributed by atoms with Gasteiger partial charge in [0.1, 0.15) is 0 Å². The zero-order chi connectivity index (χ0) is 7.56. The number of nitrogens with two attached hydrogens (primary N) is 1. The summed E-state index contributed by atoms with van der Waals surface area (Å²) in [5.74, 6) is 0.580. The highest BCUT2D eigenvalue weighted by molar-refractivity contribution is 5.32. The Hall–Kier alpha value is -0.720. The van der Waals surface area contributed by atoms with Crippen molar-refractivity contribution in [2.45, 2.75) is 26.7 Å². The van der Waals surface area contributed by atoms with Crippen molar-refractivity contribution in [1.29, 1.82) is 0 Å². The van der Waals surface area contributed by atoms with Crippen molar-refractivity contribution < 1.29 is 0 Å². The minimum Gasteiger partial charge on any atom is -0.399 e. The van der Waals surface area contributed by atoms with E-state index in [2.05, 4.69) is 26.0 Å². The summed E-state index contributed by atoms with van der Waals surface area (Å²) >= 11 is 0. The molecule has 0 unspecified atom stereocenters. The molecule has 0 amide bonds. The molecule has 0 radical (unpaired) electrons. The normalized spacial score (nSPS) is 18.7. The molecule has 0 spiro atoms. The summed E-state index contributed by atoms with van der Waals surface area (Å²) in [5, 5.41) is 0. The maximum absolute atomic E-state index is 5.77. The summed E-state index contributed by atoms with van der Waals surface area (Å²) < 4.78 is 0. The van der Waals surface area contributed by atoms with Gasteiger partial charge in [0.25, 0.3) is 0 Å². The fourth-order valence-corrected chi connectivity index (χ4v) is 1.28. The third-order valence-electron chi connectivity index (χ3n) is 1.85. The first-order valence-electron chi connectivity index (χ1n) is 3.88. The first-order chi connectivity index (χ1) is 4.72. The van der Waals surface area contributed by atoms with Gasteiger partial charge in [-0.05, 0) is 24.3 Å². The summed E-state index contributed by atoms with van der Waals surface area (Å²) in [4.78, 5) is 0. The van der Waals surface area contributed by atoms with E-state index in [1.165, 1.54) is 5.57 Å². The van der Waals surface area contributed by atoms with E-state index in [4.69, 9.17) is 5.73 Å². The maximum atomic E-state index is 5.77. The van der Waals surface area contributed by atoms with Crippen molar-refractivity contribution in [3.05, 3.63) is 23.4 Å². The first-order valence-corrected chi connectivity index (χ1v) is 3.88. The lowest BCUT2D eigenvalue weighted by Gasteiger charge is -2.15. The van der Waals surface area contributed by atoms with Crippen molar-refractivity contribution in [2.75, 3.05) is 0 Å². The quantitative estimate of drug-likeness (QED) is 0.589. The molecule has 0 saturated heterocycles. The second kappa shape index (κ2) is 2.91. The summed E-state index contributed by atoms with van der Waals surface area (Å²) in [5.41, 5.74) is 8.09. The van der Waals surface area contributed by atoms with Crippen molar-refractivity contribution >= 4 is 0 Å². The molecule has 56 valence electrons. The van der Waals surface area contributed by atoms with E-state index in [9.17, 15) is 0 Å². The molecule has 2 N–H and O–H groups in total. The molecule has 1 aliphatic carbocycles. The third-order valence-corrected chi connectivity index (χ3v) is 1.85. The van der Waals surface area contributed by atoms with E-state index in [0.29, 0.717) is 5.92 Å². The van der Waals surface area contributed by atoms with Crippen molar-refractivity contribution in [3.63, 3.8) is 0 Å². The Kier molecular flexibility index (Phi) is 2.15. The highest BCUT2D eigenvalue weighted by Gasteiger charge is 2.07. The molecular formula is C9H15N. The largest absolute Gasteiger partial charge is 0.399 e. The fourth-order valence-electron chi connectivity index (χ4n) is 1.28. The van der Waals surface area contributed by atoms with E-state index in [1.54, 1.807) is 0 Å². The Labute approximate surface area is 62.6 Å². The molecule has 0 aromatic rings. The molecular weight excluding hydrogens is 122 g/mol. The second-order valence-electron chi connectivity index (χ2n) is 3.05. The van der Waals surface area contributed by atoms with Crippen LogP contribution < -0.4 is 5.73 Å². The van der Waals surface area contributed by atoms with Crippen molar-refractivity contribution in [3.8, 4) is 0 Å². The second-order valence-corrected chi connectivity index (χ2v) is 3.05. The molecule has 1 nitrogen and oxygen atoms in total. The monoisotopic (exact) mass is 137 g/mol. The lowest BCUT2D eigenvalue weighted by atomic mass is 9.94. The summed E-state index contributed by atoms with van der Waals surface area (Å²) in [6.07, 6.45) is 6.64. The van der Waals surface area contributed by atoms with Gasteiger partial charge in [-0.1, -0.05) is 26.0 Å². The Morgan fingerprint density at radius 2 is 1.90 bits per heavy atom. The van der Waals surface area contributed by atoms with Gasteiger partial charge in [-0.25, -0.2) is 0 Å². The van der Waals surface area contributed by atoms with E-state index in [0.717, 1.165) is 18.5 Å². The van der Waals surface area contributed by atoms with E-state index in [-0.39, 0.29) is 0 Å². The molecule has 1 heteroatoms. The molecule has 0 atom stereocenters. The topological polar surface area (TPSA) is 26.0 Å². The summed E-state index contributed by atoms with van der Waals surface area (Å²) in [7, 11) is 0. The van der Waals surface area contributed by atoms with Crippen molar-refractivity contribution in [2.24, 2.45) is 11.7 Å². The summed E-state index contributed by atoms with van der Waals surface area (Å²) in [6, 6.07) is 0. The molecule has 0 heterocycles. The van der Waals surface area contributed by atoms with Gasteiger partial charge in [0.2, 0.25) is 0 Å². The molecule has 0 aromatic carbocycles.